The number of ether oxygens (including phenoxy) is 2. The lowest BCUT2D eigenvalue weighted by atomic mass is 9.87. The Labute approximate surface area is 120 Å². The van der Waals surface area contributed by atoms with Crippen LogP contribution in [0.5, 0.6) is 5.75 Å². The lowest BCUT2D eigenvalue weighted by Gasteiger charge is -2.25. The number of hydrogen-bond donors (Lipinski definition) is 0. The number of ketones is 1. The molecule has 2 unspecified atom stereocenters. The molecule has 0 spiro atoms. The Morgan fingerprint density at radius 1 is 1.20 bits per heavy atom. The number of Topliss-reactive ketones (excluding diaryl/α,β-unsaturated/α-hetero) is 1. The third kappa shape index (κ3) is 3.21. The van der Waals surface area contributed by atoms with Gasteiger partial charge in [0.05, 0.1) is 12.7 Å². The highest BCUT2D eigenvalue weighted by atomic mass is 16.5. The molecule has 2 atom stereocenters. The van der Waals surface area contributed by atoms with Crippen LogP contribution in [0.25, 0.3) is 0 Å². The minimum Gasteiger partial charge on any atom is -0.493 e. The number of carbonyl (C=O) groups excluding carboxylic acids is 1. The van der Waals surface area contributed by atoms with E-state index < -0.39 is 0 Å². The molecular weight excluding hydrogens is 252 g/mol. The van der Waals surface area contributed by atoms with E-state index in [4.69, 9.17) is 9.47 Å². The van der Waals surface area contributed by atoms with Crippen molar-refractivity contribution in [3.8, 4) is 5.75 Å². The molecule has 0 N–H and O–H groups in total. The fourth-order valence-corrected chi connectivity index (χ4v) is 3.20. The van der Waals surface area contributed by atoms with Crippen LogP contribution in [0.2, 0.25) is 0 Å². The van der Waals surface area contributed by atoms with Gasteiger partial charge in [-0.1, -0.05) is 18.2 Å². The first-order valence-corrected chi connectivity index (χ1v) is 7.68. The third-order valence-corrected chi connectivity index (χ3v) is 4.33. The normalized spacial score (nSPS) is 25.0. The number of rotatable bonds is 5. The van der Waals surface area contributed by atoms with Crippen LogP contribution in [-0.4, -0.2) is 25.1 Å². The minimum absolute atomic E-state index is 0.320. The van der Waals surface area contributed by atoms with Gasteiger partial charge >= 0.3 is 0 Å². The van der Waals surface area contributed by atoms with Crippen molar-refractivity contribution in [3.63, 3.8) is 0 Å². The smallest absolute Gasteiger partial charge is 0.133 e. The summed E-state index contributed by atoms with van der Waals surface area (Å²) < 4.78 is 11.2. The van der Waals surface area contributed by atoms with Gasteiger partial charge in [0.25, 0.3) is 0 Å². The number of carbonyl (C=O) groups is 1. The van der Waals surface area contributed by atoms with Crippen molar-refractivity contribution in [2.24, 2.45) is 0 Å². The van der Waals surface area contributed by atoms with Crippen LogP contribution in [0, 0.1) is 0 Å². The van der Waals surface area contributed by atoms with Crippen LogP contribution in [0.4, 0.5) is 0 Å². The molecule has 1 aromatic carbocycles. The summed E-state index contributed by atoms with van der Waals surface area (Å²) in [6.07, 6.45) is 5.73. The number of para-hydroxylation sites is 1. The first kappa shape index (κ1) is 13.6. The Bertz CT molecular complexity index is 463. The summed E-state index contributed by atoms with van der Waals surface area (Å²) in [6, 6.07) is 8.10. The summed E-state index contributed by atoms with van der Waals surface area (Å²) in [6.45, 7) is 1.59. The second kappa shape index (κ2) is 6.40. The van der Waals surface area contributed by atoms with E-state index >= 15 is 0 Å². The van der Waals surface area contributed by atoms with E-state index in [9.17, 15) is 4.79 Å². The van der Waals surface area contributed by atoms with Crippen molar-refractivity contribution >= 4 is 5.78 Å². The lowest BCUT2D eigenvalue weighted by molar-refractivity contribution is -0.120. The van der Waals surface area contributed by atoms with Gasteiger partial charge < -0.3 is 9.47 Å². The van der Waals surface area contributed by atoms with E-state index in [0.717, 1.165) is 44.6 Å². The Kier molecular flexibility index (Phi) is 4.36. The van der Waals surface area contributed by atoms with E-state index in [0.29, 0.717) is 30.6 Å². The van der Waals surface area contributed by atoms with Crippen LogP contribution in [-0.2, 0) is 9.53 Å². The maximum absolute atomic E-state index is 12.2. The minimum atomic E-state index is 0.320. The van der Waals surface area contributed by atoms with E-state index in [1.807, 2.05) is 18.2 Å². The van der Waals surface area contributed by atoms with Crippen LogP contribution in [0.15, 0.2) is 24.3 Å². The number of benzene rings is 1. The quantitative estimate of drug-likeness (QED) is 0.824. The van der Waals surface area contributed by atoms with Crippen molar-refractivity contribution in [1.29, 1.82) is 0 Å². The summed E-state index contributed by atoms with van der Waals surface area (Å²) in [4.78, 5) is 12.2. The van der Waals surface area contributed by atoms with Crippen LogP contribution in [0.3, 0.4) is 0 Å². The Hall–Kier alpha value is -1.35. The highest BCUT2D eigenvalue weighted by Gasteiger charge is 2.24. The average molecular weight is 274 g/mol. The molecule has 3 heteroatoms. The molecular formula is C17H22O3. The van der Waals surface area contributed by atoms with E-state index in [2.05, 4.69) is 6.07 Å². The molecule has 0 aromatic heterocycles. The molecule has 0 bridgehead atoms. The molecule has 1 saturated heterocycles. The van der Waals surface area contributed by atoms with Crippen molar-refractivity contribution < 1.29 is 14.3 Å². The van der Waals surface area contributed by atoms with E-state index in [-0.39, 0.29) is 0 Å². The topological polar surface area (TPSA) is 35.5 Å². The van der Waals surface area contributed by atoms with Gasteiger partial charge in [-0.05, 0) is 43.2 Å². The van der Waals surface area contributed by atoms with Crippen LogP contribution < -0.4 is 4.74 Å². The highest BCUT2D eigenvalue weighted by Crippen LogP contribution is 2.35. The average Bonchev–Trinajstić information content (AvgIpc) is 2.99. The molecule has 2 aliphatic rings. The van der Waals surface area contributed by atoms with Gasteiger partial charge in [-0.15, -0.1) is 0 Å². The second-order valence-electron chi connectivity index (χ2n) is 5.79. The predicted octanol–water partition coefficient (Wildman–Crippen LogP) is 3.47. The van der Waals surface area contributed by atoms with Crippen LogP contribution >= 0.6 is 0 Å². The maximum Gasteiger partial charge on any atom is 0.133 e. The molecule has 2 aliphatic heterocycles. The maximum atomic E-state index is 12.2. The first-order chi connectivity index (χ1) is 9.83. The van der Waals surface area contributed by atoms with Gasteiger partial charge in [0.15, 0.2) is 0 Å². The molecule has 108 valence electrons. The van der Waals surface area contributed by atoms with Gasteiger partial charge in [0.1, 0.15) is 11.5 Å². The van der Waals surface area contributed by atoms with Crippen molar-refractivity contribution in [1.82, 2.24) is 0 Å². The highest BCUT2D eigenvalue weighted by molar-refractivity contribution is 5.79. The Morgan fingerprint density at radius 3 is 2.95 bits per heavy atom. The zero-order valence-electron chi connectivity index (χ0n) is 11.8. The molecule has 0 aliphatic carbocycles. The van der Waals surface area contributed by atoms with E-state index in [1.165, 1.54) is 5.56 Å². The predicted molar refractivity (Wildman–Crippen MR) is 77.1 cm³/mol. The zero-order chi connectivity index (χ0) is 13.8. The number of hydrogen-bond acceptors (Lipinski definition) is 3. The molecule has 1 aromatic rings. The summed E-state index contributed by atoms with van der Waals surface area (Å²) in [5.74, 6) is 1.65. The summed E-state index contributed by atoms with van der Waals surface area (Å²) in [7, 11) is 0. The summed E-state index contributed by atoms with van der Waals surface area (Å²) in [5.41, 5.74) is 1.20. The molecule has 2 heterocycles. The number of fused-ring (bicyclic) bond motifs is 1. The molecule has 0 saturated carbocycles. The van der Waals surface area contributed by atoms with E-state index in [1.54, 1.807) is 0 Å². The SMILES string of the molecule is O=C(CCC1CCCO1)CC1CCOc2ccccc21. The molecule has 3 nitrogen and oxygen atoms in total. The molecule has 20 heavy (non-hydrogen) atoms. The third-order valence-electron chi connectivity index (χ3n) is 4.33. The molecule has 0 radical (unpaired) electrons. The summed E-state index contributed by atoms with van der Waals surface area (Å²) >= 11 is 0. The first-order valence-electron chi connectivity index (χ1n) is 7.68. The van der Waals surface area contributed by atoms with Gasteiger partial charge in [0, 0.05) is 19.4 Å². The zero-order valence-corrected chi connectivity index (χ0v) is 11.8. The fourth-order valence-electron chi connectivity index (χ4n) is 3.20. The van der Waals surface area contributed by atoms with Gasteiger partial charge in [-0.2, -0.15) is 0 Å². The molecule has 0 amide bonds. The standard InChI is InChI=1S/C17H22O3/c18-14(7-8-15-4-3-10-19-15)12-13-9-11-20-17-6-2-1-5-16(13)17/h1-2,5-6,13,15H,3-4,7-12H2. The fraction of sp³-hybridized carbons (Fsp3) is 0.588. The van der Waals surface area contributed by atoms with Gasteiger partial charge in [0.2, 0.25) is 0 Å². The Balaban J connectivity index is 1.54. The lowest BCUT2D eigenvalue weighted by Crippen LogP contribution is -2.18. The molecule has 1 fully saturated rings. The van der Waals surface area contributed by atoms with Crippen LogP contribution in [0.1, 0.15) is 50.0 Å². The van der Waals surface area contributed by atoms with Gasteiger partial charge in [-0.25, -0.2) is 0 Å². The molecule has 3 rings (SSSR count). The summed E-state index contributed by atoms with van der Waals surface area (Å²) in [5, 5.41) is 0. The van der Waals surface area contributed by atoms with Crippen molar-refractivity contribution in [3.05, 3.63) is 29.8 Å². The van der Waals surface area contributed by atoms with Gasteiger partial charge in [-0.3, -0.25) is 4.79 Å². The second-order valence-corrected chi connectivity index (χ2v) is 5.79. The largest absolute Gasteiger partial charge is 0.493 e. The van der Waals surface area contributed by atoms with Crippen molar-refractivity contribution in [2.75, 3.05) is 13.2 Å². The van der Waals surface area contributed by atoms with Crippen molar-refractivity contribution in [2.45, 2.75) is 50.5 Å². The monoisotopic (exact) mass is 274 g/mol. The Morgan fingerprint density at radius 2 is 2.10 bits per heavy atom.